The second-order valence-electron chi connectivity index (χ2n) is 6.04. The van der Waals surface area contributed by atoms with Crippen LogP contribution in [0.1, 0.15) is 30.3 Å². The van der Waals surface area contributed by atoms with E-state index in [1.165, 1.54) is 5.56 Å². The number of carbonyl (C=O) groups is 1. The molecule has 0 saturated heterocycles. The Kier molecular flexibility index (Phi) is 4.38. The first-order chi connectivity index (χ1) is 11.5. The third-order valence-electron chi connectivity index (χ3n) is 4.40. The fraction of sp³-hybridized carbons (Fsp3) is 0.389. The molecule has 0 fully saturated rings. The van der Waals surface area contributed by atoms with Crippen LogP contribution in [-0.2, 0) is 17.9 Å². The lowest BCUT2D eigenvalue weighted by Crippen LogP contribution is -2.16. The summed E-state index contributed by atoms with van der Waals surface area (Å²) in [5, 5.41) is 13.0. The normalized spacial score (nSPS) is 11.2. The van der Waals surface area contributed by atoms with E-state index in [-0.39, 0.29) is 5.91 Å². The Balaban J connectivity index is 1.69. The zero-order chi connectivity index (χ0) is 17.3. The Hall–Kier alpha value is -2.63. The predicted molar refractivity (Wildman–Crippen MR) is 95.1 cm³/mol. The Bertz CT molecular complexity index is 890. The van der Waals surface area contributed by atoms with Gasteiger partial charge in [0.05, 0.1) is 35.3 Å². The van der Waals surface area contributed by atoms with Crippen molar-refractivity contribution in [3.05, 3.63) is 41.3 Å². The average molecular weight is 325 g/mol. The van der Waals surface area contributed by atoms with E-state index >= 15 is 0 Å². The summed E-state index contributed by atoms with van der Waals surface area (Å²) in [6, 6.07) is 6.12. The average Bonchev–Trinajstić information content (AvgIpc) is 3.10. The lowest BCUT2D eigenvalue weighted by molar-refractivity contribution is -0.116. The highest BCUT2D eigenvalue weighted by Gasteiger charge is 2.14. The predicted octanol–water partition coefficient (Wildman–Crippen LogP) is 3.21. The summed E-state index contributed by atoms with van der Waals surface area (Å²) >= 11 is 0. The lowest BCUT2D eigenvalue weighted by Gasteiger charge is -2.07. The molecule has 0 spiro atoms. The smallest absolute Gasteiger partial charge is 0.226 e. The number of benzene rings is 1. The standard InChI is InChI=1S/C18H23N5O/c1-5-22-14(4)18(13(3)21-22)20-17(24)9-10-23-16-8-6-7-12(2)15(16)11-19-23/h6-8,11H,5,9-10H2,1-4H3,(H,20,24). The zero-order valence-electron chi connectivity index (χ0n) is 14.6. The first kappa shape index (κ1) is 16.2. The molecule has 0 aliphatic carbocycles. The molecule has 0 atom stereocenters. The molecule has 126 valence electrons. The molecule has 2 heterocycles. The molecule has 3 aromatic rings. The van der Waals surface area contributed by atoms with E-state index < -0.39 is 0 Å². The quantitative estimate of drug-likeness (QED) is 0.783. The maximum absolute atomic E-state index is 12.3. The summed E-state index contributed by atoms with van der Waals surface area (Å²) in [6.45, 7) is 9.34. The van der Waals surface area contributed by atoms with E-state index in [2.05, 4.69) is 28.5 Å². The van der Waals surface area contributed by atoms with Crippen LogP contribution in [-0.4, -0.2) is 25.5 Å². The second-order valence-corrected chi connectivity index (χ2v) is 6.04. The third kappa shape index (κ3) is 2.91. The van der Waals surface area contributed by atoms with Crippen molar-refractivity contribution in [2.24, 2.45) is 0 Å². The fourth-order valence-electron chi connectivity index (χ4n) is 3.02. The summed E-state index contributed by atoms with van der Waals surface area (Å²) in [5.74, 6) is -0.0202. The van der Waals surface area contributed by atoms with Gasteiger partial charge in [-0.2, -0.15) is 10.2 Å². The van der Waals surface area contributed by atoms with E-state index in [9.17, 15) is 4.79 Å². The lowest BCUT2D eigenvalue weighted by atomic mass is 10.1. The van der Waals surface area contributed by atoms with Gasteiger partial charge in [0.15, 0.2) is 0 Å². The first-order valence-electron chi connectivity index (χ1n) is 8.26. The molecule has 24 heavy (non-hydrogen) atoms. The molecule has 0 radical (unpaired) electrons. The molecule has 0 saturated carbocycles. The van der Waals surface area contributed by atoms with Crippen LogP contribution in [0.2, 0.25) is 0 Å². The number of anilines is 1. The van der Waals surface area contributed by atoms with E-state index in [1.807, 2.05) is 48.5 Å². The number of amides is 1. The highest BCUT2D eigenvalue weighted by Crippen LogP contribution is 2.20. The largest absolute Gasteiger partial charge is 0.323 e. The van der Waals surface area contributed by atoms with E-state index in [4.69, 9.17) is 0 Å². The number of carbonyl (C=O) groups excluding carboxylic acids is 1. The van der Waals surface area contributed by atoms with Gasteiger partial charge in [-0.25, -0.2) is 0 Å². The highest BCUT2D eigenvalue weighted by atomic mass is 16.1. The number of aromatic nitrogens is 4. The van der Waals surface area contributed by atoms with Crippen molar-refractivity contribution in [2.45, 2.75) is 47.2 Å². The van der Waals surface area contributed by atoms with Gasteiger partial charge < -0.3 is 5.32 Å². The SMILES string of the molecule is CCn1nc(C)c(NC(=O)CCn2ncc3c(C)cccc32)c1C. The van der Waals surface area contributed by atoms with Crippen molar-refractivity contribution >= 4 is 22.5 Å². The van der Waals surface area contributed by atoms with E-state index in [1.54, 1.807) is 0 Å². The third-order valence-corrected chi connectivity index (χ3v) is 4.40. The van der Waals surface area contributed by atoms with Gasteiger partial charge in [0.1, 0.15) is 0 Å². The van der Waals surface area contributed by atoms with Crippen molar-refractivity contribution < 1.29 is 4.79 Å². The molecule has 6 nitrogen and oxygen atoms in total. The van der Waals surface area contributed by atoms with Crippen molar-refractivity contribution in [2.75, 3.05) is 5.32 Å². The maximum atomic E-state index is 12.3. The highest BCUT2D eigenvalue weighted by molar-refractivity contribution is 5.92. The van der Waals surface area contributed by atoms with Gasteiger partial charge in [-0.05, 0) is 39.3 Å². The molecule has 3 rings (SSSR count). The van der Waals surface area contributed by atoms with Gasteiger partial charge in [-0.15, -0.1) is 0 Å². The zero-order valence-corrected chi connectivity index (χ0v) is 14.6. The summed E-state index contributed by atoms with van der Waals surface area (Å²) in [4.78, 5) is 12.3. The first-order valence-corrected chi connectivity index (χ1v) is 8.26. The van der Waals surface area contributed by atoms with Crippen LogP contribution in [0, 0.1) is 20.8 Å². The number of hydrogen-bond acceptors (Lipinski definition) is 3. The molecule has 1 amide bonds. The monoisotopic (exact) mass is 325 g/mol. The second kappa shape index (κ2) is 6.47. The number of fused-ring (bicyclic) bond motifs is 1. The number of aryl methyl sites for hydroxylation is 4. The molecule has 2 aromatic heterocycles. The minimum atomic E-state index is -0.0202. The summed E-state index contributed by atoms with van der Waals surface area (Å²) in [7, 11) is 0. The fourth-order valence-corrected chi connectivity index (χ4v) is 3.02. The molecule has 0 aliphatic rings. The summed E-state index contributed by atoms with van der Waals surface area (Å²) < 4.78 is 3.78. The molecule has 0 bridgehead atoms. The van der Waals surface area contributed by atoms with Crippen LogP contribution in [0.4, 0.5) is 5.69 Å². The number of nitrogens with zero attached hydrogens (tertiary/aromatic N) is 4. The van der Waals surface area contributed by atoms with Gasteiger partial charge in [0, 0.05) is 18.4 Å². The van der Waals surface area contributed by atoms with Crippen LogP contribution in [0.3, 0.4) is 0 Å². The van der Waals surface area contributed by atoms with Gasteiger partial charge >= 0.3 is 0 Å². The van der Waals surface area contributed by atoms with E-state index in [0.29, 0.717) is 13.0 Å². The Morgan fingerprint density at radius 2 is 2.00 bits per heavy atom. The summed E-state index contributed by atoms with van der Waals surface area (Å²) in [6.07, 6.45) is 2.24. The number of rotatable bonds is 5. The number of nitrogens with one attached hydrogen (secondary N) is 1. The van der Waals surface area contributed by atoms with Crippen molar-refractivity contribution in [3.8, 4) is 0 Å². The topological polar surface area (TPSA) is 64.7 Å². The van der Waals surface area contributed by atoms with Crippen LogP contribution in [0.5, 0.6) is 0 Å². The minimum absolute atomic E-state index is 0.0202. The summed E-state index contributed by atoms with van der Waals surface area (Å²) in [5.41, 5.74) is 4.92. The van der Waals surface area contributed by atoms with Crippen LogP contribution >= 0.6 is 0 Å². The van der Waals surface area contributed by atoms with Gasteiger partial charge in [0.2, 0.25) is 5.91 Å². The molecule has 1 N–H and O–H groups in total. The maximum Gasteiger partial charge on any atom is 0.226 e. The molecule has 1 aromatic carbocycles. The van der Waals surface area contributed by atoms with Crippen molar-refractivity contribution in [3.63, 3.8) is 0 Å². The molecule has 6 heteroatoms. The molecule has 0 aliphatic heterocycles. The number of hydrogen-bond donors (Lipinski definition) is 1. The van der Waals surface area contributed by atoms with Gasteiger partial charge in [-0.3, -0.25) is 14.2 Å². The van der Waals surface area contributed by atoms with Crippen LogP contribution in [0.15, 0.2) is 24.4 Å². The Morgan fingerprint density at radius 3 is 2.71 bits per heavy atom. The molecule has 0 unspecified atom stereocenters. The van der Waals surface area contributed by atoms with Crippen LogP contribution < -0.4 is 5.32 Å². The Morgan fingerprint density at radius 1 is 1.21 bits per heavy atom. The Labute approximate surface area is 141 Å². The van der Waals surface area contributed by atoms with Crippen molar-refractivity contribution in [1.29, 1.82) is 0 Å². The van der Waals surface area contributed by atoms with E-state index in [0.717, 1.165) is 34.5 Å². The van der Waals surface area contributed by atoms with Gasteiger partial charge in [-0.1, -0.05) is 12.1 Å². The molecular formula is C18H23N5O. The molecular weight excluding hydrogens is 302 g/mol. The van der Waals surface area contributed by atoms with Crippen LogP contribution in [0.25, 0.3) is 10.9 Å². The van der Waals surface area contributed by atoms with Gasteiger partial charge in [0.25, 0.3) is 0 Å². The van der Waals surface area contributed by atoms with Crippen molar-refractivity contribution in [1.82, 2.24) is 19.6 Å². The minimum Gasteiger partial charge on any atom is -0.323 e.